The maximum Gasteiger partial charge on any atom is 0.253 e. The van der Waals surface area contributed by atoms with Crippen LogP contribution in [0.25, 0.3) is 10.8 Å². The highest BCUT2D eigenvalue weighted by Gasteiger charge is 2.34. The normalized spacial score (nSPS) is 16.8. The van der Waals surface area contributed by atoms with Gasteiger partial charge in [-0.3, -0.25) is 14.5 Å². The van der Waals surface area contributed by atoms with Crippen LogP contribution in [0, 0.1) is 0 Å². The molecule has 0 N–H and O–H groups in total. The zero-order chi connectivity index (χ0) is 21.1. The van der Waals surface area contributed by atoms with Crippen LogP contribution in [0.2, 0.25) is 0 Å². The third-order valence-corrected chi connectivity index (χ3v) is 5.78. The number of ether oxygens (including phenoxy) is 1. The fourth-order valence-electron chi connectivity index (χ4n) is 3.97. The lowest BCUT2D eigenvalue weighted by atomic mass is 9.95. The quantitative estimate of drug-likeness (QED) is 0.594. The van der Waals surface area contributed by atoms with Gasteiger partial charge < -0.3 is 4.74 Å². The maximum absolute atomic E-state index is 13.3. The predicted octanol–water partition coefficient (Wildman–Crippen LogP) is 4.88. The molecule has 3 aromatic rings. The van der Waals surface area contributed by atoms with E-state index in [0.717, 1.165) is 34.9 Å². The first-order valence-electron chi connectivity index (χ1n) is 10.2. The monoisotopic (exact) mass is 399 g/mol. The van der Waals surface area contributed by atoms with Crippen molar-refractivity contribution in [2.75, 3.05) is 7.11 Å². The first kappa shape index (κ1) is 19.9. The number of benzene rings is 3. The Hall–Kier alpha value is -3.40. The van der Waals surface area contributed by atoms with Gasteiger partial charge in [0.15, 0.2) is 0 Å². The smallest absolute Gasteiger partial charge is 0.253 e. The van der Waals surface area contributed by atoms with Gasteiger partial charge in [0.2, 0.25) is 5.91 Å². The highest BCUT2D eigenvalue weighted by atomic mass is 16.5. The molecule has 4 rings (SSSR count). The lowest BCUT2D eigenvalue weighted by Gasteiger charge is -2.26. The molecule has 3 aromatic carbocycles. The number of imide groups is 1. The minimum atomic E-state index is -0.403. The van der Waals surface area contributed by atoms with Crippen LogP contribution in [0.15, 0.2) is 78.9 Å². The van der Waals surface area contributed by atoms with Gasteiger partial charge in [-0.15, -0.1) is 0 Å². The van der Waals surface area contributed by atoms with Crippen molar-refractivity contribution < 1.29 is 14.3 Å². The van der Waals surface area contributed by atoms with Crippen LogP contribution in [0.5, 0.6) is 5.75 Å². The molecule has 0 spiro atoms. The molecule has 1 heterocycles. The molecule has 0 saturated heterocycles. The zero-order valence-corrected chi connectivity index (χ0v) is 17.2. The summed E-state index contributed by atoms with van der Waals surface area (Å²) in [6.07, 6.45) is 4.91. The molecule has 30 heavy (non-hydrogen) atoms. The van der Waals surface area contributed by atoms with Crippen LogP contribution in [-0.2, 0) is 16.0 Å². The number of carbonyl (C=O) groups is 2. The van der Waals surface area contributed by atoms with E-state index in [0.29, 0.717) is 0 Å². The van der Waals surface area contributed by atoms with Crippen molar-refractivity contribution in [2.45, 2.75) is 31.7 Å². The predicted molar refractivity (Wildman–Crippen MR) is 118 cm³/mol. The van der Waals surface area contributed by atoms with Crippen molar-refractivity contribution in [3.63, 3.8) is 0 Å². The fraction of sp³-hybridized carbons (Fsp3) is 0.231. The Bertz CT molecular complexity index is 1100. The standard InChI is InChI=1S/C26H25NO3/c1-18(20-9-10-22-17-24(30-2)14-11-21(22)16-20)26(29)27-23(13-15-25(27)28)12-8-19-6-4-3-5-7-19/h3-7,9-11,13-18,23H,8,12H2,1-2H3/t18-,23-/m0/s1. The van der Waals surface area contributed by atoms with E-state index in [1.54, 1.807) is 7.11 Å². The average Bonchev–Trinajstić information content (AvgIpc) is 3.16. The third kappa shape index (κ3) is 3.99. The summed E-state index contributed by atoms with van der Waals surface area (Å²) >= 11 is 0. The summed E-state index contributed by atoms with van der Waals surface area (Å²) in [5, 5.41) is 2.09. The van der Waals surface area contributed by atoms with Crippen LogP contribution in [0.4, 0.5) is 0 Å². The summed E-state index contributed by atoms with van der Waals surface area (Å²) in [6.45, 7) is 1.87. The Balaban J connectivity index is 1.51. The third-order valence-electron chi connectivity index (χ3n) is 5.78. The summed E-state index contributed by atoms with van der Waals surface area (Å²) in [4.78, 5) is 27.1. The SMILES string of the molecule is COc1ccc2cc([C@H](C)C(=O)N3C(=O)C=C[C@@H]3CCc3ccccc3)ccc2c1. The Morgan fingerprint density at radius 3 is 2.53 bits per heavy atom. The average molecular weight is 399 g/mol. The van der Waals surface area contributed by atoms with Gasteiger partial charge in [-0.25, -0.2) is 0 Å². The van der Waals surface area contributed by atoms with E-state index in [1.165, 1.54) is 16.5 Å². The molecule has 2 amide bonds. The molecule has 0 radical (unpaired) electrons. The number of rotatable bonds is 6. The highest BCUT2D eigenvalue weighted by Crippen LogP contribution is 2.28. The van der Waals surface area contributed by atoms with Gasteiger partial charge in [0.25, 0.3) is 5.91 Å². The van der Waals surface area contributed by atoms with Crippen LogP contribution in [0.3, 0.4) is 0 Å². The number of hydrogen-bond donors (Lipinski definition) is 0. The van der Waals surface area contributed by atoms with E-state index >= 15 is 0 Å². The molecular formula is C26H25NO3. The summed E-state index contributed by atoms with van der Waals surface area (Å²) < 4.78 is 5.28. The topological polar surface area (TPSA) is 46.6 Å². The summed E-state index contributed by atoms with van der Waals surface area (Å²) in [6, 6.07) is 21.8. The number of methoxy groups -OCH3 is 1. The van der Waals surface area contributed by atoms with Gasteiger partial charge in [-0.05, 0) is 53.8 Å². The Morgan fingerprint density at radius 2 is 1.77 bits per heavy atom. The number of nitrogens with zero attached hydrogens (tertiary/aromatic N) is 1. The molecule has 152 valence electrons. The van der Waals surface area contributed by atoms with Crippen LogP contribution in [-0.4, -0.2) is 29.9 Å². The molecule has 4 nitrogen and oxygen atoms in total. The van der Waals surface area contributed by atoms with Gasteiger partial charge in [0.1, 0.15) is 5.75 Å². The second-order valence-electron chi connectivity index (χ2n) is 7.69. The molecule has 1 aliphatic heterocycles. The largest absolute Gasteiger partial charge is 0.497 e. The molecule has 4 heteroatoms. The van der Waals surface area contributed by atoms with Crippen LogP contribution < -0.4 is 4.74 Å². The van der Waals surface area contributed by atoms with Gasteiger partial charge in [0.05, 0.1) is 19.1 Å². The molecule has 0 aromatic heterocycles. The number of hydrogen-bond acceptors (Lipinski definition) is 3. The molecule has 0 fully saturated rings. The Morgan fingerprint density at radius 1 is 1.03 bits per heavy atom. The van der Waals surface area contributed by atoms with Crippen molar-refractivity contribution in [1.82, 2.24) is 4.90 Å². The number of amides is 2. The second kappa shape index (κ2) is 8.54. The van der Waals surface area contributed by atoms with E-state index in [-0.39, 0.29) is 17.9 Å². The Kier molecular flexibility index (Phi) is 5.66. The van der Waals surface area contributed by atoms with E-state index in [4.69, 9.17) is 4.74 Å². The minimum Gasteiger partial charge on any atom is -0.497 e. The molecule has 2 atom stereocenters. The van der Waals surface area contributed by atoms with Gasteiger partial charge in [-0.2, -0.15) is 0 Å². The zero-order valence-electron chi connectivity index (χ0n) is 17.2. The van der Waals surface area contributed by atoms with Crippen molar-refractivity contribution in [2.24, 2.45) is 0 Å². The molecule has 1 aliphatic rings. The lowest BCUT2D eigenvalue weighted by Crippen LogP contribution is -2.41. The molecule has 0 bridgehead atoms. The van der Waals surface area contributed by atoms with E-state index in [2.05, 4.69) is 12.1 Å². The summed E-state index contributed by atoms with van der Waals surface area (Å²) in [5.41, 5.74) is 2.11. The van der Waals surface area contributed by atoms with Crippen LogP contribution >= 0.6 is 0 Å². The van der Waals surface area contributed by atoms with E-state index in [9.17, 15) is 9.59 Å². The van der Waals surface area contributed by atoms with Crippen molar-refractivity contribution in [3.8, 4) is 5.75 Å². The minimum absolute atomic E-state index is 0.157. The molecule has 0 aliphatic carbocycles. The van der Waals surface area contributed by atoms with E-state index < -0.39 is 5.92 Å². The molecule has 0 saturated carbocycles. The maximum atomic E-state index is 13.3. The van der Waals surface area contributed by atoms with Gasteiger partial charge >= 0.3 is 0 Å². The molecular weight excluding hydrogens is 374 g/mol. The number of aryl methyl sites for hydroxylation is 1. The van der Waals surface area contributed by atoms with Gasteiger partial charge in [0, 0.05) is 6.08 Å². The summed E-state index contributed by atoms with van der Waals surface area (Å²) in [7, 11) is 1.64. The lowest BCUT2D eigenvalue weighted by molar-refractivity contribution is -0.143. The summed E-state index contributed by atoms with van der Waals surface area (Å²) in [5.74, 6) is 0.0142. The highest BCUT2D eigenvalue weighted by molar-refractivity contribution is 6.05. The van der Waals surface area contributed by atoms with E-state index in [1.807, 2.05) is 67.6 Å². The number of fused-ring (bicyclic) bond motifs is 1. The van der Waals surface area contributed by atoms with Crippen molar-refractivity contribution >= 4 is 22.6 Å². The number of carbonyl (C=O) groups excluding carboxylic acids is 2. The van der Waals surface area contributed by atoms with Crippen LogP contribution in [0.1, 0.15) is 30.4 Å². The first-order valence-corrected chi connectivity index (χ1v) is 10.2. The van der Waals surface area contributed by atoms with Crippen molar-refractivity contribution in [3.05, 3.63) is 90.0 Å². The van der Waals surface area contributed by atoms with Crippen molar-refractivity contribution in [1.29, 1.82) is 0 Å². The molecule has 0 unspecified atom stereocenters. The fourth-order valence-corrected chi connectivity index (χ4v) is 3.97. The first-order chi connectivity index (χ1) is 14.6. The van der Waals surface area contributed by atoms with Gasteiger partial charge in [-0.1, -0.05) is 60.7 Å². The second-order valence-corrected chi connectivity index (χ2v) is 7.69. The Labute approximate surface area is 176 Å².